The number of carbonyl (C=O) groups excluding carboxylic acids is 1. The van der Waals surface area contributed by atoms with Gasteiger partial charge >= 0.3 is 0 Å². The minimum absolute atomic E-state index is 0.0761. The van der Waals surface area contributed by atoms with Crippen LogP contribution in [0.5, 0.6) is 0 Å². The van der Waals surface area contributed by atoms with E-state index in [1.807, 2.05) is 30.3 Å². The minimum Gasteiger partial charge on any atom is -0.352 e. The predicted molar refractivity (Wildman–Crippen MR) is 77.9 cm³/mol. The molecule has 0 spiro atoms. The highest BCUT2D eigenvalue weighted by Crippen LogP contribution is 2.12. The van der Waals surface area contributed by atoms with Crippen LogP contribution in [0.1, 0.15) is 18.4 Å². The van der Waals surface area contributed by atoms with Gasteiger partial charge < -0.3 is 11.1 Å². The molecular weight excluding hydrogens is 276 g/mol. The lowest BCUT2D eigenvalue weighted by molar-refractivity contribution is -0.123. The van der Waals surface area contributed by atoms with Crippen LogP contribution in [0.15, 0.2) is 30.3 Å². The zero-order valence-corrected chi connectivity index (χ0v) is 12.1. The van der Waals surface area contributed by atoms with E-state index in [0.29, 0.717) is 19.3 Å². The lowest BCUT2D eigenvalue weighted by Gasteiger charge is -2.24. The van der Waals surface area contributed by atoms with Crippen molar-refractivity contribution in [2.24, 2.45) is 5.73 Å². The number of hydrogen-bond acceptors (Lipinski definition) is 4. The predicted octanol–water partition coefficient (Wildman–Crippen LogP) is 0.250. The summed E-state index contributed by atoms with van der Waals surface area (Å²) in [6.07, 6.45) is 1.44. The number of benzene rings is 1. The smallest absolute Gasteiger partial charge is 0.237 e. The van der Waals surface area contributed by atoms with Gasteiger partial charge in [0.1, 0.15) is 9.84 Å². The second-order valence-electron chi connectivity index (χ2n) is 5.23. The third kappa shape index (κ3) is 4.31. The minimum atomic E-state index is -2.90. The van der Waals surface area contributed by atoms with Crippen LogP contribution in [0.25, 0.3) is 0 Å². The molecule has 1 saturated heterocycles. The van der Waals surface area contributed by atoms with Gasteiger partial charge in [-0.25, -0.2) is 8.42 Å². The van der Waals surface area contributed by atoms with E-state index in [9.17, 15) is 13.2 Å². The molecule has 110 valence electrons. The van der Waals surface area contributed by atoms with Gasteiger partial charge in [0, 0.05) is 6.04 Å². The fourth-order valence-electron chi connectivity index (χ4n) is 2.30. The third-order valence-electron chi connectivity index (χ3n) is 3.54. The van der Waals surface area contributed by atoms with E-state index < -0.39 is 15.9 Å². The van der Waals surface area contributed by atoms with E-state index in [1.165, 1.54) is 0 Å². The van der Waals surface area contributed by atoms with Crippen molar-refractivity contribution in [1.82, 2.24) is 5.32 Å². The van der Waals surface area contributed by atoms with Gasteiger partial charge in [-0.2, -0.15) is 0 Å². The van der Waals surface area contributed by atoms with Gasteiger partial charge in [-0.05, 0) is 24.8 Å². The number of sulfone groups is 1. The molecule has 1 aliphatic heterocycles. The summed E-state index contributed by atoms with van der Waals surface area (Å²) in [6, 6.07) is 8.92. The molecule has 0 saturated carbocycles. The molecule has 0 radical (unpaired) electrons. The molecule has 1 atom stereocenters. The van der Waals surface area contributed by atoms with Crippen LogP contribution in [-0.2, 0) is 21.1 Å². The maximum absolute atomic E-state index is 12.0. The lowest BCUT2D eigenvalue weighted by atomic mass is 10.1. The van der Waals surface area contributed by atoms with Gasteiger partial charge in [-0.1, -0.05) is 30.3 Å². The van der Waals surface area contributed by atoms with Crippen molar-refractivity contribution in [2.45, 2.75) is 31.3 Å². The largest absolute Gasteiger partial charge is 0.352 e. The summed E-state index contributed by atoms with van der Waals surface area (Å²) < 4.78 is 22.6. The Balaban J connectivity index is 1.83. The maximum atomic E-state index is 12.0. The van der Waals surface area contributed by atoms with Crippen molar-refractivity contribution in [1.29, 1.82) is 0 Å². The summed E-state index contributed by atoms with van der Waals surface area (Å²) >= 11 is 0. The summed E-state index contributed by atoms with van der Waals surface area (Å²) in [6.45, 7) is 0. The molecule has 0 unspecified atom stereocenters. The monoisotopic (exact) mass is 296 g/mol. The average Bonchev–Trinajstić information content (AvgIpc) is 2.42. The molecule has 2 rings (SSSR count). The molecule has 0 aliphatic carbocycles. The molecule has 6 heteroatoms. The summed E-state index contributed by atoms with van der Waals surface area (Å²) in [5, 5.41) is 2.85. The zero-order chi connectivity index (χ0) is 14.6. The topological polar surface area (TPSA) is 89.3 Å². The van der Waals surface area contributed by atoms with E-state index in [0.717, 1.165) is 5.56 Å². The fraction of sp³-hybridized carbons (Fsp3) is 0.500. The highest BCUT2D eigenvalue weighted by atomic mass is 32.2. The molecule has 20 heavy (non-hydrogen) atoms. The van der Waals surface area contributed by atoms with Crippen molar-refractivity contribution in [2.75, 3.05) is 11.5 Å². The molecular formula is C14H20N2O3S. The van der Waals surface area contributed by atoms with Crippen LogP contribution in [0, 0.1) is 0 Å². The van der Waals surface area contributed by atoms with Gasteiger partial charge in [-0.3, -0.25) is 4.79 Å². The molecule has 1 amide bonds. The Morgan fingerprint density at radius 3 is 2.45 bits per heavy atom. The van der Waals surface area contributed by atoms with E-state index in [2.05, 4.69) is 5.32 Å². The van der Waals surface area contributed by atoms with Crippen LogP contribution in [0.4, 0.5) is 0 Å². The Bertz CT molecular complexity index is 543. The molecule has 5 nitrogen and oxygen atoms in total. The number of nitrogens with two attached hydrogens (primary N) is 1. The first kappa shape index (κ1) is 15.0. The Morgan fingerprint density at radius 2 is 1.85 bits per heavy atom. The Morgan fingerprint density at radius 1 is 1.25 bits per heavy atom. The second-order valence-corrected chi connectivity index (χ2v) is 7.53. The summed E-state index contributed by atoms with van der Waals surface area (Å²) in [5.41, 5.74) is 6.90. The van der Waals surface area contributed by atoms with Gasteiger partial charge in [0.05, 0.1) is 17.5 Å². The van der Waals surface area contributed by atoms with E-state index in [-0.39, 0.29) is 23.5 Å². The first-order valence-electron chi connectivity index (χ1n) is 6.76. The van der Waals surface area contributed by atoms with Crippen molar-refractivity contribution < 1.29 is 13.2 Å². The van der Waals surface area contributed by atoms with Crippen LogP contribution < -0.4 is 11.1 Å². The van der Waals surface area contributed by atoms with Crippen LogP contribution in [0.3, 0.4) is 0 Å². The Hall–Kier alpha value is -1.40. The number of amides is 1. The van der Waals surface area contributed by atoms with Crippen molar-refractivity contribution >= 4 is 15.7 Å². The summed E-state index contributed by atoms with van der Waals surface area (Å²) in [4.78, 5) is 12.0. The molecule has 3 N–H and O–H groups in total. The van der Waals surface area contributed by atoms with Gasteiger partial charge in [-0.15, -0.1) is 0 Å². The second kappa shape index (κ2) is 6.37. The Kier molecular flexibility index (Phi) is 4.77. The fourth-order valence-corrected chi connectivity index (χ4v) is 3.79. The highest BCUT2D eigenvalue weighted by molar-refractivity contribution is 7.91. The number of carbonyl (C=O) groups is 1. The number of nitrogens with one attached hydrogen (secondary N) is 1. The summed E-state index contributed by atoms with van der Waals surface area (Å²) in [5.74, 6) is 0.0794. The lowest BCUT2D eigenvalue weighted by Crippen LogP contribution is -2.48. The average molecular weight is 296 g/mol. The van der Waals surface area contributed by atoms with E-state index in [1.54, 1.807) is 0 Å². The SMILES string of the molecule is N[C@H](Cc1ccccc1)C(=O)NC1CCS(=O)(=O)CC1. The standard InChI is InChI=1S/C14H20N2O3S/c15-13(10-11-4-2-1-3-5-11)14(17)16-12-6-8-20(18,19)9-7-12/h1-5,12-13H,6-10,15H2,(H,16,17)/t13-/m1/s1. The van der Waals surface area contributed by atoms with E-state index in [4.69, 9.17) is 5.73 Å². The highest BCUT2D eigenvalue weighted by Gasteiger charge is 2.26. The zero-order valence-electron chi connectivity index (χ0n) is 11.3. The van der Waals surface area contributed by atoms with Crippen LogP contribution >= 0.6 is 0 Å². The Labute approximate surface area is 119 Å². The quantitative estimate of drug-likeness (QED) is 0.833. The first-order chi connectivity index (χ1) is 9.46. The summed E-state index contributed by atoms with van der Waals surface area (Å²) in [7, 11) is -2.90. The number of hydrogen-bond donors (Lipinski definition) is 2. The van der Waals surface area contributed by atoms with Gasteiger partial charge in [0.15, 0.2) is 0 Å². The first-order valence-corrected chi connectivity index (χ1v) is 8.59. The van der Waals surface area contributed by atoms with Gasteiger partial charge in [0.2, 0.25) is 5.91 Å². The van der Waals surface area contributed by atoms with E-state index >= 15 is 0 Å². The van der Waals surface area contributed by atoms with Crippen molar-refractivity contribution in [3.8, 4) is 0 Å². The maximum Gasteiger partial charge on any atom is 0.237 e. The van der Waals surface area contributed by atoms with Crippen molar-refractivity contribution in [3.63, 3.8) is 0 Å². The number of rotatable bonds is 4. The molecule has 0 bridgehead atoms. The third-order valence-corrected chi connectivity index (χ3v) is 5.25. The van der Waals surface area contributed by atoms with Crippen molar-refractivity contribution in [3.05, 3.63) is 35.9 Å². The molecule has 1 fully saturated rings. The molecule has 1 aromatic carbocycles. The molecule has 1 aliphatic rings. The van der Waals surface area contributed by atoms with Crippen LogP contribution in [-0.4, -0.2) is 37.9 Å². The molecule has 1 aromatic rings. The molecule has 1 heterocycles. The van der Waals surface area contributed by atoms with Crippen LogP contribution in [0.2, 0.25) is 0 Å². The normalized spacial score (nSPS) is 20.2. The molecule has 0 aromatic heterocycles. The van der Waals surface area contributed by atoms with Gasteiger partial charge in [0.25, 0.3) is 0 Å².